The molecule has 0 amide bonds. The van der Waals surface area contributed by atoms with Crippen molar-refractivity contribution in [2.45, 2.75) is 24.2 Å². The fraction of sp³-hybridized carbons (Fsp3) is 0.667. The number of hydrogen-bond donors (Lipinski definition) is 3. The Balaban J connectivity index is 4.09. The molecule has 0 bridgehead atoms. The molecule has 0 aromatic heterocycles. The highest BCUT2D eigenvalue weighted by Crippen LogP contribution is 2.22. The zero-order valence-corrected chi connectivity index (χ0v) is 9.95. The Morgan fingerprint density at radius 1 is 1.54 bits per heavy atom. The number of hydrogen-bond acceptors (Lipinski definition) is 3. The van der Waals surface area contributed by atoms with Gasteiger partial charge in [-0.3, -0.25) is 5.43 Å². The molecule has 0 fully saturated rings. The number of nitrogens with zero attached hydrogens (tertiary/aromatic N) is 3. The summed E-state index contributed by atoms with van der Waals surface area (Å²) in [6, 6.07) is 0. The third kappa shape index (κ3) is 7.61. The third-order valence-electron chi connectivity index (χ3n) is 0.731. The zero-order chi connectivity index (χ0) is 10.3. The zero-order valence-electron chi connectivity index (χ0n) is 7.80. The lowest BCUT2D eigenvalue weighted by Crippen LogP contribution is -2.38. The van der Waals surface area contributed by atoms with Crippen LogP contribution in [0.15, 0.2) is 8.36 Å². The molecular formula is C6H13IN6. The highest BCUT2D eigenvalue weighted by Gasteiger charge is 2.06. The summed E-state index contributed by atoms with van der Waals surface area (Å²) in [6.45, 7) is 12.8. The monoisotopic (exact) mass is 296 g/mol. The van der Waals surface area contributed by atoms with E-state index in [1.165, 1.54) is 0 Å². The summed E-state index contributed by atoms with van der Waals surface area (Å²) in [5.41, 5.74) is 4.84. The summed E-state index contributed by atoms with van der Waals surface area (Å²) < 4.78 is 4.29. The van der Waals surface area contributed by atoms with Gasteiger partial charge in [0.1, 0.15) is 5.10 Å². The lowest BCUT2D eigenvalue weighted by molar-refractivity contribution is 0.843. The number of nitrogens with one attached hydrogen (secondary N) is 2. The Labute approximate surface area is 87.9 Å². The van der Waals surface area contributed by atoms with E-state index >= 15 is 0 Å². The Bertz CT molecular complexity index is 245. The van der Waals surface area contributed by atoms with E-state index in [9.17, 15) is 0 Å². The summed E-state index contributed by atoms with van der Waals surface area (Å²) in [7, 11) is 0. The van der Waals surface area contributed by atoms with Crippen molar-refractivity contribution in [2.24, 2.45) is 14.2 Å². The largest absolute Gasteiger partial charge is 0.312 e. The molecule has 0 spiro atoms. The first-order chi connectivity index (χ1) is 5.99. The van der Waals surface area contributed by atoms with Gasteiger partial charge in [0, 0.05) is 24.5 Å². The van der Waals surface area contributed by atoms with E-state index in [0.29, 0.717) is 0 Å². The van der Waals surface area contributed by atoms with Crippen LogP contribution in [-0.2, 0) is 0 Å². The fourth-order valence-electron chi connectivity index (χ4n) is 0.321. The summed E-state index contributed by atoms with van der Waals surface area (Å²) in [5, 5.41) is 3.35. The van der Waals surface area contributed by atoms with Gasteiger partial charge in [-0.25, -0.2) is 11.3 Å². The van der Waals surface area contributed by atoms with E-state index in [1.807, 2.05) is 0 Å². The van der Waals surface area contributed by atoms with Gasteiger partial charge >= 0.3 is 5.96 Å². The van der Waals surface area contributed by atoms with Gasteiger partial charge in [0.2, 0.25) is 0 Å². The second-order valence-corrected chi connectivity index (χ2v) is 7.24. The number of halogens is 1. The van der Waals surface area contributed by atoms with Crippen molar-refractivity contribution in [1.82, 2.24) is 10.9 Å². The van der Waals surface area contributed by atoms with Gasteiger partial charge in [-0.05, 0) is 0 Å². The molecule has 0 radical (unpaired) electrons. The van der Waals surface area contributed by atoms with Crippen molar-refractivity contribution < 1.29 is 0 Å². The van der Waals surface area contributed by atoms with Gasteiger partial charge in [0.15, 0.2) is 0 Å². The Morgan fingerprint density at radius 2 is 2.15 bits per heavy atom. The van der Waals surface area contributed by atoms with E-state index < -0.39 is 0 Å². The molecule has 0 saturated carbocycles. The number of rotatable bonds is 1. The first-order valence-corrected chi connectivity index (χ1v) is 5.56. The molecule has 0 aromatic rings. The molecule has 0 aliphatic carbocycles. The SMILES string of the molecule is [C-]#[N+]/N=C(/NN)NN=IC(C)(C)C. The van der Waals surface area contributed by atoms with Gasteiger partial charge < -0.3 is 0 Å². The number of nitrogens with two attached hydrogens (primary N) is 1. The molecule has 0 aromatic carbocycles. The van der Waals surface area contributed by atoms with Crippen LogP contribution in [0.2, 0.25) is 0 Å². The quantitative estimate of drug-likeness (QED) is 0.129. The maximum absolute atomic E-state index is 6.46. The van der Waals surface area contributed by atoms with Crippen molar-refractivity contribution in [3.8, 4) is 0 Å². The van der Waals surface area contributed by atoms with Gasteiger partial charge in [-0.1, -0.05) is 20.8 Å². The maximum Gasteiger partial charge on any atom is 0.312 e. The lowest BCUT2D eigenvalue weighted by atomic mass is 10.3. The average molecular weight is 296 g/mol. The van der Waals surface area contributed by atoms with Gasteiger partial charge in [0.25, 0.3) is 0 Å². The van der Waals surface area contributed by atoms with Crippen LogP contribution in [-0.4, -0.2) is 9.38 Å². The first kappa shape index (κ1) is 12.2. The van der Waals surface area contributed by atoms with Crippen LogP contribution in [0.4, 0.5) is 0 Å². The maximum atomic E-state index is 6.46. The van der Waals surface area contributed by atoms with Crippen molar-refractivity contribution in [2.75, 3.05) is 0 Å². The van der Waals surface area contributed by atoms with Gasteiger partial charge in [-0.2, -0.15) is 9.83 Å². The molecule has 0 rings (SSSR count). The predicted molar refractivity (Wildman–Crippen MR) is 60.7 cm³/mol. The summed E-state index contributed by atoms with van der Waals surface area (Å²) in [4.78, 5) is 2.81. The standard InChI is InChI=1S/C6H13IN6/c1-6(2,3)7-13-12-5(10-8)11-9-4/h8H2,1-3H3,(H2,10,11,12). The van der Waals surface area contributed by atoms with E-state index in [1.54, 1.807) is 0 Å². The summed E-state index contributed by atoms with van der Waals surface area (Å²) >= 11 is -0.335. The number of hydrazine groups is 1. The van der Waals surface area contributed by atoms with Crippen LogP contribution < -0.4 is 16.7 Å². The second kappa shape index (κ2) is 5.82. The minimum atomic E-state index is -0.335. The van der Waals surface area contributed by atoms with Crippen LogP contribution in [0.3, 0.4) is 0 Å². The molecule has 0 heterocycles. The van der Waals surface area contributed by atoms with Crippen molar-refractivity contribution in [3.63, 3.8) is 0 Å². The molecule has 7 heteroatoms. The normalized spacial score (nSPS) is 13.3. The Morgan fingerprint density at radius 3 is 2.54 bits per heavy atom. The van der Waals surface area contributed by atoms with Crippen molar-refractivity contribution in [1.29, 1.82) is 0 Å². The van der Waals surface area contributed by atoms with Crippen molar-refractivity contribution >= 4 is 27.0 Å². The molecule has 0 saturated heterocycles. The molecule has 13 heavy (non-hydrogen) atoms. The fourth-order valence-corrected chi connectivity index (χ4v) is 1.39. The molecule has 0 aliphatic rings. The van der Waals surface area contributed by atoms with Crippen LogP contribution in [0.1, 0.15) is 20.8 Å². The Hall–Kier alpha value is -0.750. The highest BCUT2D eigenvalue weighted by atomic mass is 127. The van der Waals surface area contributed by atoms with Gasteiger partial charge in [-0.15, -0.1) is 4.95 Å². The minimum absolute atomic E-state index is 0.180. The van der Waals surface area contributed by atoms with Crippen molar-refractivity contribution in [3.05, 3.63) is 11.5 Å². The number of guanidine groups is 1. The van der Waals surface area contributed by atoms with Crippen LogP contribution >= 0.6 is 21.0 Å². The molecule has 74 valence electrons. The second-order valence-electron chi connectivity index (χ2n) is 3.04. The van der Waals surface area contributed by atoms with E-state index in [-0.39, 0.29) is 30.4 Å². The lowest BCUT2D eigenvalue weighted by Gasteiger charge is -2.08. The Kier molecular flexibility index (Phi) is 5.48. The van der Waals surface area contributed by atoms with Gasteiger partial charge in [0.05, 0.1) is 0 Å². The summed E-state index contributed by atoms with van der Waals surface area (Å²) in [5.74, 6) is 5.25. The van der Waals surface area contributed by atoms with E-state index in [2.05, 4.69) is 44.9 Å². The average Bonchev–Trinajstić information content (AvgIpc) is 2.01. The molecule has 6 nitrogen and oxygen atoms in total. The summed E-state index contributed by atoms with van der Waals surface area (Å²) in [6.07, 6.45) is 0. The van der Waals surface area contributed by atoms with Crippen LogP contribution in [0.25, 0.3) is 4.95 Å². The predicted octanol–water partition coefficient (Wildman–Crippen LogP) is 1.10. The number of alkyl halides is 1. The third-order valence-corrected chi connectivity index (χ3v) is 2.66. The smallest absolute Gasteiger partial charge is 0.287 e. The first-order valence-electron chi connectivity index (χ1n) is 3.52. The molecule has 0 atom stereocenters. The minimum Gasteiger partial charge on any atom is -0.287 e. The van der Waals surface area contributed by atoms with E-state index in [4.69, 9.17) is 12.4 Å². The molecule has 0 unspecified atom stereocenters. The molecule has 4 N–H and O–H groups in total. The van der Waals surface area contributed by atoms with E-state index in [0.717, 1.165) is 0 Å². The van der Waals surface area contributed by atoms with Crippen LogP contribution in [0.5, 0.6) is 0 Å². The highest BCUT2D eigenvalue weighted by molar-refractivity contribution is 14.2. The topological polar surface area (TPSA) is 79.2 Å². The molecular weight excluding hydrogens is 283 g/mol. The van der Waals surface area contributed by atoms with Crippen LogP contribution in [0, 0.1) is 6.57 Å². The molecule has 0 aliphatic heterocycles.